The lowest BCUT2D eigenvalue weighted by atomic mass is 10.1. The summed E-state index contributed by atoms with van der Waals surface area (Å²) in [5, 5.41) is 9.64. The summed E-state index contributed by atoms with van der Waals surface area (Å²) in [6.45, 7) is 0.250. The Labute approximate surface area is 127 Å². The molecule has 20 heavy (non-hydrogen) atoms. The van der Waals surface area contributed by atoms with E-state index in [9.17, 15) is 13.2 Å². The van der Waals surface area contributed by atoms with Gasteiger partial charge >= 0.3 is 5.97 Å². The van der Waals surface area contributed by atoms with Crippen LogP contribution in [0.15, 0.2) is 18.2 Å². The van der Waals surface area contributed by atoms with E-state index in [4.69, 9.17) is 28.3 Å². The Bertz CT molecular complexity index is 612. The predicted octanol–water partition coefficient (Wildman–Crippen LogP) is 2.23. The van der Waals surface area contributed by atoms with Crippen molar-refractivity contribution in [1.82, 2.24) is 4.31 Å². The van der Waals surface area contributed by atoms with Crippen LogP contribution in [0.25, 0.3) is 0 Å². The molecule has 1 unspecified atom stereocenters. The third-order valence-electron chi connectivity index (χ3n) is 3.17. The zero-order valence-electron chi connectivity index (χ0n) is 10.4. The second-order valence-corrected chi connectivity index (χ2v) is 7.56. The summed E-state index contributed by atoms with van der Waals surface area (Å²) in [5.41, 5.74) is 0.487. The van der Waals surface area contributed by atoms with Crippen LogP contribution in [0, 0.1) is 5.92 Å². The number of carboxylic acids is 1. The van der Waals surface area contributed by atoms with E-state index in [0.29, 0.717) is 22.0 Å². The van der Waals surface area contributed by atoms with E-state index in [-0.39, 0.29) is 18.8 Å². The normalized spacial score (nSPS) is 20.2. The fourth-order valence-corrected chi connectivity index (χ4v) is 4.31. The molecular weight excluding hydrogens is 325 g/mol. The van der Waals surface area contributed by atoms with E-state index < -0.39 is 21.9 Å². The molecule has 0 amide bonds. The van der Waals surface area contributed by atoms with Crippen molar-refractivity contribution >= 4 is 39.2 Å². The Kier molecular flexibility index (Phi) is 4.59. The topological polar surface area (TPSA) is 74.7 Å². The predicted molar refractivity (Wildman–Crippen MR) is 76.4 cm³/mol. The summed E-state index contributed by atoms with van der Waals surface area (Å²) < 4.78 is 25.7. The molecule has 0 spiro atoms. The Balaban J connectivity index is 2.14. The van der Waals surface area contributed by atoms with Crippen molar-refractivity contribution in [2.24, 2.45) is 5.92 Å². The molecule has 1 atom stereocenters. The van der Waals surface area contributed by atoms with Gasteiger partial charge in [0.15, 0.2) is 0 Å². The molecular formula is C12H13Cl2NO4S. The van der Waals surface area contributed by atoms with Crippen LogP contribution < -0.4 is 0 Å². The first kappa shape index (κ1) is 15.6. The van der Waals surface area contributed by atoms with Crippen LogP contribution in [0.5, 0.6) is 0 Å². The van der Waals surface area contributed by atoms with E-state index in [2.05, 4.69) is 0 Å². The maximum absolute atomic E-state index is 12.2. The van der Waals surface area contributed by atoms with Crippen LogP contribution in [0.4, 0.5) is 0 Å². The fourth-order valence-electron chi connectivity index (χ4n) is 2.18. The quantitative estimate of drug-likeness (QED) is 0.914. The van der Waals surface area contributed by atoms with E-state index in [1.54, 1.807) is 0 Å². The number of carboxylic acid groups (broad SMARTS) is 1. The first-order valence-corrected chi connectivity index (χ1v) is 8.30. The molecule has 1 N–H and O–H groups in total. The van der Waals surface area contributed by atoms with Crippen molar-refractivity contribution in [1.29, 1.82) is 0 Å². The Morgan fingerprint density at radius 1 is 1.30 bits per heavy atom. The molecule has 0 radical (unpaired) electrons. The highest BCUT2D eigenvalue weighted by molar-refractivity contribution is 7.88. The smallest absolute Gasteiger partial charge is 0.307 e. The Morgan fingerprint density at radius 3 is 2.40 bits per heavy atom. The molecule has 0 saturated carbocycles. The number of rotatable bonds is 4. The minimum absolute atomic E-state index is 0.0198. The highest BCUT2D eigenvalue weighted by atomic mass is 35.5. The molecule has 8 heteroatoms. The molecule has 1 heterocycles. The van der Waals surface area contributed by atoms with Crippen molar-refractivity contribution < 1.29 is 18.3 Å². The summed E-state index contributed by atoms with van der Waals surface area (Å²) >= 11 is 11.7. The summed E-state index contributed by atoms with van der Waals surface area (Å²) in [4.78, 5) is 10.9. The number of hydrogen-bond acceptors (Lipinski definition) is 3. The minimum Gasteiger partial charge on any atom is -0.481 e. The number of hydrogen-bond donors (Lipinski definition) is 1. The van der Waals surface area contributed by atoms with E-state index >= 15 is 0 Å². The number of carbonyl (C=O) groups is 1. The average Bonchev–Trinajstić information content (AvgIpc) is 2.76. The molecule has 1 aliphatic heterocycles. The van der Waals surface area contributed by atoms with Crippen LogP contribution >= 0.6 is 23.2 Å². The largest absolute Gasteiger partial charge is 0.481 e. The SMILES string of the molecule is O=C(O)C1CCN(S(=O)(=O)Cc2cc(Cl)cc(Cl)c2)C1. The molecule has 0 aromatic heterocycles. The highest BCUT2D eigenvalue weighted by Crippen LogP contribution is 2.25. The molecule has 1 fully saturated rings. The van der Waals surface area contributed by atoms with Crippen molar-refractivity contribution in [2.75, 3.05) is 13.1 Å². The van der Waals surface area contributed by atoms with Gasteiger partial charge in [-0.25, -0.2) is 12.7 Å². The first-order valence-electron chi connectivity index (χ1n) is 5.93. The van der Waals surface area contributed by atoms with Gasteiger partial charge in [0.25, 0.3) is 0 Å². The van der Waals surface area contributed by atoms with Crippen molar-refractivity contribution in [3.63, 3.8) is 0 Å². The number of benzene rings is 1. The average molecular weight is 338 g/mol. The number of halogens is 2. The van der Waals surface area contributed by atoms with Crippen LogP contribution in [0.1, 0.15) is 12.0 Å². The number of aliphatic carboxylic acids is 1. The van der Waals surface area contributed by atoms with Crippen LogP contribution in [0.3, 0.4) is 0 Å². The summed E-state index contributed by atoms with van der Waals surface area (Å²) in [6.07, 6.45) is 0.338. The second kappa shape index (κ2) is 5.89. The third-order valence-corrected chi connectivity index (χ3v) is 5.42. The Morgan fingerprint density at radius 2 is 1.90 bits per heavy atom. The van der Waals surface area contributed by atoms with E-state index in [1.807, 2.05) is 0 Å². The zero-order valence-corrected chi connectivity index (χ0v) is 12.7. The third kappa shape index (κ3) is 3.63. The van der Waals surface area contributed by atoms with E-state index in [0.717, 1.165) is 0 Å². The van der Waals surface area contributed by atoms with E-state index in [1.165, 1.54) is 22.5 Å². The molecule has 5 nitrogen and oxygen atoms in total. The van der Waals surface area contributed by atoms with Gasteiger partial charge in [-0.1, -0.05) is 23.2 Å². The molecule has 1 aromatic rings. The van der Waals surface area contributed by atoms with Crippen LogP contribution in [-0.2, 0) is 20.6 Å². The van der Waals surface area contributed by atoms with Gasteiger partial charge in [-0.05, 0) is 30.2 Å². The van der Waals surface area contributed by atoms with Crippen molar-refractivity contribution in [3.05, 3.63) is 33.8 Å². The molecule has 1 aromatic carbocycles. The number of nitrogens with zero attached hydrogens (tertiary/aromatic N) is 1. The summed E-state index contributed by atoms with van der Waals surface area (Å²) in [6, 6.07) is 4.60. The standard InChI is InChI=1S/C12H13Cl2NO4S/c13-10-3-8(4-11(14)5-10)7-20(18,19)15-2-1-9(6-15)12(16)17/h3-5,9H,1-2,6-7H2,(H,16,17). The lowest BCUT2D eigenvalue weighted by Crippen LogP contribution is -2.31. The molecule has 0 aliphatic carbocycles. The summed E-state index contributed by atoms with van der Waals surface area (Å²) in [5.74, 6) is -1.83. The lowest BCUT2D eigenvalue weighted by molar-refractivity contribution is -0.141. The van der Waals surface area contributed by atoms with Gasteiger partial charge in [0.2, 0.25) is 10.0 Å². The summed E-state index contributed by atoms with van der Waals surface area (Å²) in [7, 11) is -3.56. The van der Waals surface area contributed by atoms with Gasteiger partial charge in [-0.3, -0.25) is 4.79 Å². The molecule has 2 rings (SSSR count). The Hall–Kier alpha value is -0.820. The minimum atomic E-state index is -3.56. The van der Waals surface area contributed by atoms with Gasteiger partial charge in [0, 0.05) is 23.1 Å². The molecule has 110 valence electrons. The van der Waals surface area contributed by atoms with Crippen molar-refractivity contribution in [2.45, 2.75) is 12.2 Å². The molecule has 1 aliphatic rings. The monoisotopic (exact) mass is 337 g/mol. The maximum atomic E-state index is 12.2. The van der Waals surface area contributed by atoms with Crippen molar-refractivity contribution in [3.8, 4) is 0 Å². The van der Waals surface area contributed by atoms with Gasteiger partial charge < -0.3 is 5.11 Å². The second-order valence-electron chi connectivity index (χ2n) is 4.72. The fraction of sp³-hybridized carbons (Fsp3) is 0.417. The molecule has 0 bridgehead atoms. The van der Waals surface area contributed by atoms with Crippen LogP contribution in [0.2, 0.25) is 10.0 Å². The zero-order chi connectivity index (χ0) is 14.9. The highest BCUT2D eigenvalue weighted by Gasteiger charge is 2.34. The lowest BCUT2D eigenvalue weighted by Gasteiger charge is -2.16. The van der Waals surface area contributed by atoms with Crippen LogP contribution in [-0.4, -0.2) is 36.9 Å². The van der Waals surface area contributed by atoms with Gasteiger partial charge in [-0.15, -0.1) is 0 Å². The first-order chi connectivity index (χ1) is 9.28. The maximum Gasteiger partial charge on any atom is 0.307 e. The van der Waals surface area contributed by atoms with Gasteiger partial charge in [0.05, 0.1) is 11.7 Å². The molecule has 1 saturated heterocycles. The number of sulfonamides is 1. The van der Waals surface area contributed by atoms with Gasteiger partial charge in [-0.2, -0.15) is 0 Å². The van der Waals surface area contributed by atoms with Gasteiger partial charge in [0.1, 0.15) is 0 Å².